The first kappa shape index (κ1) is 25.9. The largest absolute Gasteiger partial charge is 0.477 e. The van der Waals surface area contributed by atoms with Crippen molar-refractivity contribution in [2.24, 2.45) is 0 Å². The third-order valence-electron chi connectivity index (χ3n) is 6.17. The fourth-order valence-electron chi connectivity index (χ4n) is 4.48. The summed E-state index contributed by atoms with van der Waals surface area (Å²) in [6.07, 6.45) is 2.95. The van der Waals surface area contributed by atoms with Gasteiger partial charge in [0.25, 0.3) is 0 Å². The average Bonchev–Trinajstić information content (AvgIpc) is 3.20. The highest BCUT2D eigenvalue weighted by atomic mass is 35.5. The van der Waals surface area contributed by atoms with Crippen molar-refractivity contribution in [1.29, 1.82) is 0 Å². The lowest BCUT2D eigenvalue weighted by Crippen LogP contribution is -2.15. The zero-order valence-electron chi connectivity index (χ0n) is 20.4. The number of carbonyl (C=O) groups is 2. The summed E-state index contributed by atoms with van der Waals surface area (Å²) in [7, 11) is 0. The van der Waals surface area contributed by atoms with E-state index in [9.17, 15) is 23.5 Å². The molecule has 5 rings (SSSR count). The molecule has 0 bridgehead atoms. The average molecular weight is 543 g/mol. The number of fused-ring (bicyclic) bond motifs is 1. The fraction of sp³-hybridized carbons (Fsp3) is 0.0323. The zero-order valence-corrected chi connectivity index (χ0v) is 21.1. The second-order valence-corrected chi connectivity index (χ2v) is 9.30. The molecule has 0 atom stereocenters. The summed E-state index contributed by atoms with van der Waals surface area (Å²) < 4.78 is 29.5. The minimum absolute atomic E-state index is 0.110. The minimum Gasteiger partial charge on any atom is -0.477 e. The second-order valence-electron chi connectivity index (χ2n) is 8.87. The van der Waals surface area contributed by atoms with E-state index in [0.29, 0.717) is 21.5 Å². The third-order valence-corrected chi connectivity index (χ3v) is 6.40. The van der Waals surface area contributed by atoms with E-state index in [1.807, 2.05) is 30.3 Å². The van der Waals surface area contributed by atoms with Gasteiger partial charge in [0.05, 0.1) is 11.2 Å². The van der Waals surface area contributed by atoms with Crippen LogP contribution in [0.1, 0.15) is 21.6 Å². The Bertz CT molecular complexity index is 1730. The maximum Gasteiger partial charge on any atom is 0.354 e. The van der Waals surface area contributed by atoms with Crippen molar-refractivity contribution < 1.29 is 23.5 Å². The number of nitrogens with one attached hydrogen (secondary N) is 1. The number of benzene rings is 4. The van der Waals surface area contributed by atoms with Crippen LogP contribution in [0.3, 0.4) is 0 Å². The molecule has 0 aliphatic carbocycles. The highest BCUT2D eigenvalue weighted by Gasteiger charge is 2.24. The van der Waals surface area contributed by atoms with E-state index < -0.39 is 23.5 Å². The number of anilines is 1. The Kier molecular flexibility index (Phi) is 7.25. The molecule has 0 fully saturated rings. The maximum absolute atomic E-state index is 14.0. The highest BCUT2D eigenvalue weighted by molar-refractivity contribution is 6.30. The first-order valence-corrected chi connectivity index (χ1v) is 12.3. The molecule has 1 heterocycles. The van der Waals surface area contributed by atoms with Gasteiger partial charge in [-0.3, -0.25) is 4.79 Å². The van der Waals surface area contributed by atoms with E-state index in [4.69, 9.17) is 11.6 Å². The van der Waals surface area contributed by atoms with Crippen LogP contribution in [0.5, 0.6) is 0 Å². The number of halogens is 3. The SMILES string of the molecule is O=C(C=Cc1ccccc1)Nc1c(C(=O)O)n(Cc2cccc(Cl)c2)c2cc(-c3cc(F)cc(F)c3)ccc12. The number of nitrogens with zero attached hydrogens (tertiary/aromatic N) is 1. The zero-order chi connectivity index (χ0) is 27.5. The van der Waals surface area contributed by atoms with Gasteiger partial charge in [-0.05, 0) is 58.7 Å². The van der Waals surface area contributed by atoms with Crippen LogP contribution in [-0.2, 0) is 11.3 Å². The Morgan fingerprint density at radius 1 is 0.872 bits per heavy atom. The highest BCUT2D eigenvalue weighted by Crippen LogP contribution is 2.35. The monoisotopic (exact) mass is 542 g/mol. The normalized spacial score (nSPS) is 11.3. The van der Waals surface area contributed by atoms with Gasteiger partial charge in [-0.2, -0.15) is 0 Å². The molecule has 0 saturated carbocycles. The van der Waals surface area contributed by atoms with E-state index in [1.54, 1.807) is 53.1 Å². The van der Waals surface area contributed by atoms with Crippen LogP contribution in [-0.4, -0.2) is 21.6 Å². The van der Waals surface area contributed by atoms with Crippen LogP contribution in [0.4, 0.5) is 14.5 Å². The van der Waals surface area contributed by atoms with Gasteiger partial charge in [0.1, 0.15) is 11.6 Å². The number of carboxylic acid groups (broad SMARTS) is 1. The fourth-order valence-corrected chi connectivity index (χ4v) is 4.69. The second kappa shape index (κ2) is 10.9. The Balaban J connectivity index is 1.65. The number of carboxylic acids is 1. The summed E-state index contributed by atoms with van der Waals surface area (Å²) in [5.41, 5.74) is 2.72. The number of carbonyl (C=O) groups excluding carboxylic acids is 1. The molecule has 0 unspecified atom stereocenters. The summed E-state index contributed by atoms with van der Waals surface area (Å²) in [5, 5.41) is 13.9. The van der Waals surface area contributed by atoms with Gasteiger partial charge in [-0.15, -0.1) is 0 Å². The summed E-state index contributed by atoms with van der Waals surface area (Å²) in [6.45, 7) is 0.120. The van der Waals surface area contributed by atoms with Crippen molar-refractivity contribution in [3.8, 4) is 11.1 Å². The Hall–Kier alpha value is -4.75. The molecule has 5 aromatic rings. The molecule has 2 N–H and O–H groups in total. The van der Waals surface area contributed by atoms with Gasteiger partial charge < -0.3 is 15.0 Å². The molecule has 1 amide bonds. The van der Waals surface area contributed by atoms with E-state index >= 15 is 0 Å². The molecule has 39 heavy (non-hydrogen) atoms. The predicted octanol–water partition coefficient (Wildman–Crippen LogP) is 7.64. The summed E-state index contributed by atoms with van der Waals surface area (Å²) in [5.74, 6) is -3.24. The van der Waals surface area contributed by atoms with Gasteiger partial charge in [-0.1, -0.05) is 66.2 Å². The Morgan fingerprint density at radius 2 is 1.62 bits per heavy atom. The lowest BCUT2D eigenvalue weighted by atomic mass is 10.0. The van der Waals surface area contributed by atoms with Crippen LogP contribution >= 0.6 is 11.6 Å². The number of amides is 1. The predicted molar refractivity (Wildman–Crippen MR) is 149 cm³/mol. The maximum atomic E-state index is 14.0. The molecule has 8 heteroatoms. The minimum atomic E-state index is -1.26. The van der Waals surface area contributed by atoms with Gasteiger partial charge in [0, 0.05) is 29.1 Å². The topological polar surface area (TPSA) is 71.3 Å². The van der Waals surface area contributed by atoms with Crippen molar-refractivity contribution in [2.75, 3.05) is 5.32 Å². The van der Waals surface area contributed by atoms with Gasteiger partial charge in [-0.25, -0.2) is 13.6 Å². The van der Waals surface area contributed by atoms with Crippen LogP contribution in [0.2, 0.25) is 5.02 Å². The molecule has 0 aliphatic rings. The smallest absolute Gasteiger partial charge is 0.354 e. The first-order chi connectivity index (χ1) is 18.8. The van der Waals surface area contributed by atoms with Crippen molar-refractivity contribution in [3.63, 3.8) is 0 Å². The quantitative estimate of drug-likeness (QED) is 0.208. The Morgan fingerprint density at radius 3 is 2.31 bits per heavy atom. The molecule has 194 valence electrons. The van der Waals surface area contributed by atoms with Gasteiger partial charge in [0.2, 0.25) is 5.91 Å². The molecule has 4 aromatic carbocycles. The van der Waals surface area contributed by atoms with E-state index in [0.717, 1.165) is 17.2 Å². The van der Waals surface area contributed by atoms with Gasteiger partial charge >= 0.3 is 5.97 Å². The lowest BCUT2D eigenvalue weighted by molar-refractivity contribution is -0.111. The molecule has 0 spiro atoms. The number of hydrogen-bond donors (Lipinski definition) is 2. The first-order valence-electron chi connectivity index (χ1n) is 11.9. The molecular formula is C31H21ClF2N2O3. The summed E-state index contributed by atoms with van der Waals surface area (Å²) in [4.78, 5) is 25.4. The van der Waals surface area contributed by atoms with Crippen molar-refractivity contribution >= 4 is 46.1 Å². The van der Waals surface area contributed by atoms with Crippen LogP contribution < -0.4 is 5.32 Å². The summed E-state index contributed by atoms with van der Waals surface area (Å²) >= 11 is 6.16. The molecule has 0 radical (unpaired) electrons. The van der Waals surface area contributed by atoms with E-state index in [1.165, 1.54) is 18.2 Å². The van der Waals surface area contributed by atoms with Gasteiger partial charge in [0.15, 0.2) is 5.69 Å². The Labute approximate surface area is 227 Å². The number of aromatic nitrogens is 1. The molecule has 5 nitrogen and oxygen atoms in total. The number of aromatic carboxylic acids is 1. The molecule has 1 aromatic heterocycles. The molecular weight excluding hydrogens is 522 g/mol. The van der Waals surface area contributed by atoms with Crippen molar-refractivity contribution in [3.05, 3.63) is 131 Å². The van der Waals surface area contributed by atoms with Crippen LogP contribution in [0, 0.1) is 11.6 Å². The third kappa shape index (κ3) is 5.73. The lowest BCUT2D eigenvalue weighted by Gasteiger charge is -2.11. The van der Waals surface area contributed by atoms with Crippen molar-refractivity contribution in [2.45, 2.75) is 6.54 Å². The van der Waals surface area contributed by atoms with Crippen LogP contribution in [0.25, 0.3) is 28.1 Å². The summed E-state index contributed by atoms with van der Waals surface area (Å²) in [6, 6.07) is 24.3. The molecule has 0 aliphatic heterocycles. The number of hydrogen-bond acceptors (Lipinski definition) is 2. The van der Waals surface area contributed by atoms with E-state index in [2.05, 4.69) is 5.32 Å². The standard InChI is InChI=1S/C31H21ClF2N2O3/c32-23-8-4-7-20(13-23)18-36-27-16-21(22-14-24(33)17-25(34)15-22)10-11-26(27)29(30(36)31(38)39)35-28(37)12-9-19-5-2-1-3-6-19/h1-17H,18H2,(H,35,37)(H,38,39). The van der Waals surface area contributed by atoms with E-state index in [-0.39, 0.29) is 23.5 Å². The number of rotatable bonds is 7. The van der Waals surface area contributed by atoms with Crippen LogP contribution in [0.15, 0.2) is 97.1 Å². The van der Waals surface area contributed by atoms with Crippen molar-refractivity contribution in [1.82, 2.24) is 4.57 Å². The molecule has 0 saturated heterocycles.